The third kappa shape index (κ3) is 1.26. The van der Waals surface area contributed by atoms with Gasteiger partial charge in [-0.3, -0.25) is 10.5 Å². The highest BCUT2D eigenvalue weighted by Gasteiger charge is 2.12. The van der Waals surface area contributed by atoms with E-state index in [0.717, 1.165) is 10.9 Å². The topological polar surface area (TPSA) is 83.2 Å². The molecule has 4 nitrogen and oxygen atoms in total. The zero-order valence-corrected chi connectivity index (χ0v) is 7.45. The van der Waals surface area contributed by atoms with Crippen molar-refractivity contribution in [3.63, 3.8) is 0 Å². The number of H-pyrrole nitrogens is 1. The van der Waals surface area contributed by atoms with Gasteiger partial charge < -0.3 is 5.73 Å². The Labute approximate surface area is 80.5 Å². The van der Waals surface area contributed by atoms with Crippen LogP contribution in [0.1, 0.15) is 10.4 Å². The van der Waals surface area contributed by atoms with Crippen molar-refractivity contribution in [2.24, 2.45) is 5.73 Å². The number of hydrogen-bond acceptors (Lipinski definition) is 2. The predicted molar refractivity (Wildman–Crippen MR) is 53.4 cm³/mol. The summed E-state index contributed by atoms with van der Waals surface area (Å²) in [5.41, 5.74) is 12.0. The van der Waals surface area contributed by atoms with Crippen LogP contribution in [0.4, 0.5) is 5.82 Å². The lowest BCUT2D eigenvalue weighted by atomic mass is 10.1. The molecule has 1 amide bonds. The van der Waals surface area contributed by atoms with E-state index in [1.807, 2.05) is 24.3 Å². The fourth-order valence-electron chi connectivity index (χ4n) is 1.39. The molecule has 0 aliphatic heterocycles. The van der Waals surface area contributed by atoms with Crippen LogP contribution in [0.3, 0.4) is 0 Å². The van der Waals surface area contributed by atoms with Crippen molar-refractivity contribution in [1.29, 1.82) is 0 Å². The molecule has 14 heavy (non-hydrogen) atoms. The quantitative estimate of drug-likeness (QED) is 0.676. The minimum Gasteiger partial charge on any atom is -0.365 e. The smallest absolute Gasteiger partial charge is 0.283 e. The van der Waals surface area contributed by atoms with Gasteiger partial charge in [0.05, 0.1) is 0 Å². The monoisotopic (exact) mass is 188 g/mol. The van der Waals surface area contributed by atoms with Crippen LogP contribution < -0.4 is 16.5 Å². The second-order valence-corrected chi connectivity index (χ2v) is 3.05. The largest absolute Gasteiger partial charge is 0.365 e. The van der Waals surface area contributed by atoms with Crippen LogP contribution in [-0.4, -0.2) is 5.91 Å². The SMILES string of the molecule is NC(=O)c1cc2ccccc2[nH+]c1N. The van der Waals surface area contributed by atoms with Gasteiger partial charge in [-0.2, -0.15) is 0 Å². The van der Waals surface area contributed by atoms with Crippen molar-refractivity contribution in [2.75, 3.05) is 5.73 Å². The summed E-state index contributed by atoms with van der Waals surface area (Å²) in [6, 6.07) is 9.23. The number of nitrogens with two attached hydrogens (primary N) is 2. The molecular formula is C10H10N3O+. The van der Waals surface area contributed by atoms with Crippen molar-refractivity contribution >= 4 is 22.6 Å². The highest BCUT2D eigenvalue weighted by Crippen LogP contribution is 2.13. The number of carbonyl (C=O) groups excluding carboxylic acids is 1. The van der Waals surface area contributed by atoms with Crippen LogP contribution in [-0.2, 0) is 0 Å². The first kappa shape index (κ1) is 8.50. The Hall–Kier alpha value is -2.10. The summed E-state index contributed by atoms with van der Waals surface area (Å²) in [6.45, 7) is 0. The summed E-state index contributed by atoms with van der Waals surface area (Å²) in [4.78, 5) is 13.9. The maximum Gasteiger partial charge on any atom is 0.283 e. The highest BCUT2D eigenvalue weighted by molar-refractivity contribution is 5.99. The van der Waals surface area contributed by atoms with Crippen LogP contribution in [0.2, 0.25) is 0 Å². The molecule has 0 saturated heterocycles. The minimum absolute atomic E-state index is 0.302. The lowest BCUT2D eigenvalue weighted by Gasteiger charge is -1.98. The summed E-state index contributed by atoms with van der Waals surface area (Å²) < 4.78 is 0. The van der Waals surface area contributed by atoms with Crippen molar-refractivity contribution < 1.29 is 9.78 Å². The summed E-state index contributed by atoms with van der Waals surface area (Å²) in [6.07, 6.45) is 0. The number of benzene rings is 1. The Morgan fingerprint density at radius 1 is 1.29 bits per heavy atom. The Morgan fingerprint density at radius 2 is 2.00 bits per heavy atom. The molecule has 1 heterocycles. The molecule has 5 N–H and O–H groups in total. The molecule has 0 atom stereocenters. The Kier molecular flexibility index (Phi) is 1.81. The van der Waals surface area contributed by atoms with Crippen LogP contribution in [0.5, 0.6) is 0 Å². The van der Waals surface area contributed by atoms with Crippen molar-refractivity contribution in [3.8, 4) is 0 Å². The maximum absolute atomic E-state index is 11.0. The number of nitrogen functional groups attached to an aromatic ring is 1. The third-order valence-corrected chi connectivity index (χ3v) is 2.09. The number of nitrogens with one attached hydrogen (secondary N) is 1. The van der Waals surface area contributed by atoms with Gasteiger partial charge in [0.15, 0.2) is 0 Å². The van der Waals surface area contributed by atoms with E-state index in [-0.39, 0.29) is 0 Å². The first-order valence-corrected chi connectivity index (χ1v) is 4.19. The summed E-state index contributed by atoms with van der Waals surface area (Å²) in [7, 11) is 0. The van der Waals surface area contributed by atoms with Crippen LogP contribution in [0.15, 0.2) is 30.3 Å². The van der Waals surface area contributed by atoms with Crippen LogP contribution >= 0.6 is 0 Å². The normalized spacial score (nSPS) is 10.3. The molecule has 1 aromatic heterocycles. The standard InChI is InChI=1S/C10H9N3O/c11-9-7(10(12)14)5-6-3-1-2-4-8(6)13-9/h1-5H,(H2,11,13)(H2,12,14)/p+1. The van der Waals surface area contributed by atoms with E-state index in [1.165, 1.54) is 0 Å². The molecule has 0 aliphatic carbocycles. The van der Waals surface area contributed by atoms with E-state index in [9.17, 15) is 4.79 Å². The molecule has 1 aromatic carbocycles. The number of anilines is 1. The van der Waals surface area contributed by atoms with E-state index in [4.69, 9.17) is 11.5 Å². The molecular weight excluding hydrogens is 178 g/mol. The second-order valence-electron chi connectivity index (χ2n) is 3.05. The number of fused-ring (bicyclic) bond motifs is 1. The Balaban J connectivity index is 2.77. The Morgan fingerprint density at radius 3 is 2.71 bits per heavy atom. The van der Waals surface area contributed by atoms with E-state index in [2.05, 4.69) is 4.98 Å². The molecule has 0 radical (unpaired) electrons. The zero-order valence-electron chi connectivity index (χ0n) is 7.45. The van der Waals surface area contributed by atoms with Gasteiger partial charge in [-0.15, -0.1) is 0 Å². The fraction of sp³-hybridized carbons (Fsp3) is 0. The molecule has 0 spiro atoms. The molecule has 0 saturated carbocycles. The maximum atomic E-state index is 11.0. The molecule has 0 bridgehead atoms. The predicted octanol–water partition coefficient (Wildman–Crippen LogP) is 0.335. The number of primary amides is 1. The molecule has 0 unspecified atom stereocenters. The molecule has 70 valence electrons. The first-order chi connectivity index (χ1) is 6.68. The number of carbonyl (C=O) groups is 1. The lowest BCUT2D eigenvalue weighted by Crippen LogP contribution is -2.21. The Bertz CT molecular complexity index is 508. The van der Waals surface area contributed by atoms with E-state index >= 15 is 0 Å². The number of pyridine rings is 1. The number of rotatable bonds is 1. The van der Waals surface area contributed by atoms with Gasteiger partial charge in [0.25, 0.3) is 11.7 Å². The van der Waals surface area contributed by atoms with E-state index in [0.29, 0.717) is 11.4 Å². The zero-order chi connectivity index (χ0) is 10.1. The molecule has 2 rings (SSSR count). The number of aromatic nitrogens is 1. The van der Waals surface area contributed by atoms with E-state index in [1.54, 1.807) is 6.07 Å². The van der Waals surface area contributed by atoms with Gasteiger partial charge in [0.2, 0.25) is 0 Å². The van der Waals surface area contributed by atoms with Gasteiger partial charge in [0.1, 0.15) is 11.1 Å². The van der Waals surface area contributed by atoms with Gasteiger partial charge in [-0.05, 0) is 12.1 Å². The van der Waals surface area contributed by atoms with Crippen LogP contribution in [0, 0.1) is 0 Å². The van der Waals surface area contributed by atoms with E-state index < -0.39 is 5.91 Å². The molecule has 0 fully saturated rings. The van der Waals surface area contributed by atoms with Crippen LogP contribution in [0.25, 0.3) is 10.9 Å². The highest BCUT2D eigenvalue weighted by atomic mass is 16.1. The molecule has 0 aliphatic rings. The summed E-state index contributed by atoms with van der Waals surface area (Å²) in [5, 5.41) is 0.913. The van der Waals surface area contributed by atoms with Crippen molar-refractivity contribution in [3.05, 3.63) is 35.9 Å². The summed E-state index contributed by atoms with van der Waals surface area (Å²) >= 11 is 0. The van der Waals surface area contributed by atoms with Gasteiger partial charge >= 0.3 is 0 Å². The number of para-hydroxylation sites is 1. The van der Waals surface area contributed by atoms with Gasteiger partial charge in [-0.1, -0.05) is 18.2 Å². The van der Waals surface area contributed by atoms with Crippen molar-refractivity contribution in [1.82, 2.24) is 0 Å². The van der Waals surface area contributed by atoms with Crippen molar-refractivity contribution in [2.45, 2.75) is 0 Å². The fourth-order valence-corrected chi connectivity index (χ4v) is 1.39. The van der Waals surface area contributed by atoms with Gasteiger partial charge in [0, 0.05) is 5.39 Å². The number of amides is 1. The third-order valence-electron chi connectivity index (χ3n) is 2.09. The summed E-state index contributed by atoms with van der Waals surface area (Å²) in [5.74, 6) is -0.222. The number of hydrogen-bond donors (Lipinski definition) is 2. The van der Waals surface area contributed by atoms with Gasteiger partial charge in [-0.25, -0.2) is 4.98 Å². The average Bonchev–Trinajstić information content (AvgIpc) is 2.16. The second kappa shape index (κ2) is 2.99. The average molecular weight is 188 g/mol. The molecule has 2 aromatic rings. The molecule has 4 heteroatoms. The first-order valence-electron chi connectivity index (χ1n) is 4.19. The lowest BCUT2D eigenvalue weighted by molar-refractivity contribution is -0.326. The number of aromatic amines is 1. The minimum atomic E-state index is -0.524.